The Labute approximate surface area is 125 Å². The van der Waals surface area contributed by atoms with E-state index >= 15 is 0 Å². The maximum Gasteiger partial charge on any atom is 0.242 e. The number of fused-ring (bicyclic) bond motifs is 2. The molecule has 6 heteroatoms. The van der Waals surface area contributed by atoms with Crippen LogP contribution in [0, 0.1) is 11.8 Å². The summed E-state index contributed by atoms with van der Waals surface area (Å²) in [5.41, 5.74) is 6.09. The van der Waals surface area contributed by atoms with Crippen LogP contribution in [-0.4, -0.2) is 29.9 Å². The molecule has 3 aliphatic rings. The fourth-order valence-corrected chi connectivity index (χ4v) is 4.10. The Morgan fingerprint density at radius 1 is 1.20 bits per heavy atom. The Bertz CT molecular complexity index is 377. The second-order valence-electron chi connectivity index (χ2n) is 6.38. The van der Waals surface area contributed by atoms with Gasteiger partial charge in [0.1, 0.15) is 6.04 Å². The molecule has 3 atom stereocenters. The Morgan fingerprint density at radius 3 is 2.40 bits per heavy atom. The van der Waals surface area contributed by atoms with Crippen LogP contribution in [0.1, 0.15) is 44.9 Å². The van der Waals surface area contributed by atoms with Crippen molar-refractivity contribution in [1.82, 2.24) is 10.6 Å². The summed E-state index contributed by atoms with van der Waals surface area (Å²) in [6, 6.07) is 0.261. The highest BCUT2D eigenvalue weighted by molar-refractivity contribution is 5.90. The normalized spacial score (nSPS) is 39.6. The quantitative estimate of drug-likeness (QED) is 0.702. The Hall–Kier alpha value is -0.810. The van der Waals surface area contributed by atoms with Crippen LogP contribution in [0.2, 0.25) is 0 Å². The van der Waals surface area contributed by atoms with Gasteiger partial charge in [0, 0.05) is 18.5 Å². The zero-order chi connectivity index (χ0) is 13.4. The van der Waals surface area contributed by atoms with Gasteiger partial charge in [-0.25, -0.2) is 0 Å². The maximum atomic E-state index is 12.2. The molecule has 20 heavy (non-hydrogen) atoms. The average Bonchev–Trinajstić information content (AvgIpc) is 2.77. The molecule has 3 unspecified atom stereocenters. The van der Waals surface area contributed by atoms with Gasteiger partial charge in [0.25, 0.3) is 0 Å². The number of carbonyl (C=O) groups is 2. The van der Waals surface area contributed by atoms with Gasteiger partial charge < -0.3 is 16.4 Å². The zero-order valence-electron chi connectivity index (χ0n) is 11.6. The van der Waals surface area contributed by atoms with E-state index in [-0.39, 0.29) is 36.3 Å². The first kappa shape index (κ1) is 15.6. The molecule has 1 aliphatic heterocycles. The highest BCUT2D eigenvalue weighted by Gasteiger charge is 2.41. The van der Waals surface area contributed by atoms with E-state index < -0.39 is 0 Å². The van der Waals surface area contributed by atoms with Crippen molar-refractivity contribution in [3.05, 3.63) is 0 Å². The molecule has 2 amide bonds. The van der Waals surface area contributed by atoms with Gasteiger partial charge in [-0.3, -0.25) is 9.59 Å². The third-order valence-corrected chi connectivity index (χ3v) is 5.00. The van der Waals surface area contributed by atoms with Crippen LogP contribution in [0.25, 0.3) is 0 Å². The van der Waals surface area contributed by atoms with Crippen LogP contribution in [0.4, 0.5) is 0 Å². The third kappa shape index (κ3) is 3.09. The summed E-state index contributed by atoms with van der Waals surface area (Å²) < 4.78 is 0. The lowest BCUT2D eigenvalue weighted by Gasteiger charge is -2.45. The molecular formula is C14H24ClN3O2. The predicted molar refractivity (Wildman–Crippen MR) is 78.4 cm³/mol. The van der Waals surface area contributed by atoms with Crippen LogP contribution in [0.3, 0.4) is 0 Å². The second-order valence-corrected chi connectivity index (χ2v) is 6.38. The zero-order valence-corrected chi connectivity index (χ0v) is 12.5. The number of carbonyl (C=O) groups excluding carboxylic acids is 2. The molecule has 114 valence electrons. The van der Waals surface area contributed by atoms with Gasteiger partial charge in [0.15, 0.2) is 0 Å². The smallest absolute Gasteiger partial charge is 0.242 e. The molecule has 0 spiro atoms. The standard InChI is InChI=1S/C14H23N3O2.ClH/c15-10-6-8-2-1-3-9(7-10)13(8)17-14(19)11-4-5-12(18)16-11;/h8-11,13H,1-7,15H2,(H,16,18)(H,17,19);1H. The number of hydrogen-bond acceptors (Lipinski definition) is 3. The molecule has 0 aromatic carbocycles. The summed E-state index contributed by atoms with van der Waals surface area (Å²) in [5.74, 6) is 1.06. The van der Waals surface area contributed by atoms with Crippen molar-refractivity contribution in [2.45, 2.75) is 63.1 Å². The number of halogens is 1. The average molecular weight is 302 g/mol. The number of amides is 2. The number of hydrogen-bond donors (Lipinski definition) is 3. The van der Waals surface area contributed by atoms with Crippen LogP contribution in [-0.2, 0) is 9.59 Å². The lowest BCUT2D eigenvalue weighted by molar-refractivity contribution is -0.127. The summed E-state index contributed by atoms with van der Waals surface area (Å²) in [7, 11) is 0. The highest BCUT2D eigenvalue weighted by Crippen LogP contribution is 2.39. The molecule has 2 bridgehead atoms. The third-order valence-electron chi connectivity index (χ3n) is 5.00. The Kier molecular flexibility index (Phi) is 4.91. The van der Waals surface area contributed by atoms with Crippen molar-refractivity contribution in [2.75, 3.05) is 0 Å². The summed E-state index contributed by atoms with van der Waals surface area (Å²) in [4.78, 5) is 23.4. The van der Waals surface area contributed by atoms with E-state index in [4.69, 9.17) is 5.73 Å². The van der Waals surface area contributed by atoms with Gasteiger partial charge in [0.05, 0.1) is 0 Å². The van der Waals surface area contributed by atoms with Crippen LogP contribution in [0.15, 0.2) is 0 Å². The van der Waals surface area contributed by atoms with Crippen molar-refractivity contribution < 1.29 is 9.59 Å². The molecule has 0 radical (unpaired) electrons. The number of nitrogens with one attached hydrogen (secondary N) is 2. The second kappa shape index (κ2) is 6.31. The molecule has 2 aliphatic carbocycles. The minimum Gasteiger partial charge on any atom is -0.351 e. The van der Waals surface area contributed by atoms with Gasteiger partial charge in [-0.1, -0.05) is 6.42 Å². The van der Waals surface area contributed by atoms with Gasteiger partial charge in [0.2, 0.25) is 11.8 Å². The SMILES string of the molecule is Cl.NC1CC2CCCC(C1)C2NC(=O)C1CCC(=O)N1. The molecule has 4 N–H and O–H groups in total. The number of rotatable bonds is 2. The minimum absolute atomic E-state index is 0. The largest absolute Gasteiger partial charge is 0.351 e. The van der Waals surface area contributed by atoms with Gasteiger partial charge in [-0.15, -0.1) is 12.4 Å². The van der Waals surface area contributed by atoms with E-state index in [0.29, 0.717) is 30.7 Å². The van der Waals surface area contributed by atoms with E-state index in [2.05, 4.69) is 10.6 Å². The van der Waals surface area contributed by atoms with E-state index in [9.17, 15) is 9.59 Å². The van der Waals surface area contributed by atoms with Gasteiger partial charge in [-0.05, 0) is 43.9 Å². The topological polar surface area (TPSA) is 84.2 Å². The predicted octanol–water partition coefficient (Wildman–Crippen LogP) is 0.709. The van der Waals surface area contributed by atoms with Crippen LogP contribution >= 0.6 is 12.4 Å². The number of nitrogens with two attached hydrogens (primary N) is 1. The highest BCUT2D eigenvalue weighted by atomic mass is 35.5. The van der Waals surface area contributed by atoms with Crippen molar-refractivity contribution in [1.29, 1.82) is 0 Å². The molecule has 0 aromatic heterocycles. The molecule has 1 heterocycles. The van der Waals surface area contributed by atoms with E-state index in [0.717, 1.165) is 12.8 Å². The summed E-state index contributed by atoms with van der Waals surface area (Å²) in [5, 5.41) is 5.94. The minimum atomic E-state index is -0.316. The maximum absolute atomic E-state index is 12.2. The van der Waals surface area contributed by atoms with E-state index in [1.54, 1.807) is 0 Å². The van der Waals surface area contributed by atoms with Gasteiger partial charge >= 0.3 is 0 Å². The lowest BCUT2D eigenvalue weighted by Crippen LogP contribution is -2.56. The lowest BCUT2D eigenvalue weighted by atomic mass is 9.67. The van der Waals surface area contributed by atoms with E-state index in [1.807, 2.05) is 0 Å². The summed E-state index contributed by atoms with van der Waals surface area (Å²) in [6.07, 6.45) is 6.76. The summed E-state index contributed by atoms with van der Waals surface area (Å²) >= 11 is 0. The monoisotopic (exact) mass is 301 g/mol. The van der Waals surface area contributed by atoms with Crippen LogP contribution in [0.5, 0.6) is 0 Å². The molecule has 2 saturated carbocycles. The first-order chi connectivity index (χ1) is 9.13. The van der Waals surface area contributed by atoms with Crippen molar-refractivity contribution >= 4 is 24.2 Å². The van der Waals surface area contributed by atoms with Crippen molar-refractivity contribution in [2.24, 2.45) is 17.6 Å². The van der Waals surface area contributed by atoms with Gasteiger partial charge in [-0.2, -0.15) is 0 Å². The first-order valence-corrected chi connectivity index (χ1v) is 7.49. The Morgan fingerprint density at radius 2 is 1.85 bits per heavy atom. The molecule has 0 aromatic rings. The first-order valence-electron chi connectivity index (χ1n) is 7.49. The molecule has 3 rings (SSSR count). The van der Waals surface area contributed by atoms with E-state index in [1.165, 1.54) is 19.3 Å². The Balaban J connectivity index is 0.00000147. The fraction of sp³-hybridized carbons (Fsp3) is 0.857. The molecular weight excluding hydrogens is 278 g/mol. The molecule has 3 fully saturated rings. The van der Waals surface area contributed by atoms with Crippen molar-refractivity contribution in [3.63, 3.8) is 0 Å². The molecule has 5 nitrogen and oxygen atoms in total. The molecule has 1 saturated heterocycles. The fourth-order valence-electron chi connectivity index (χ4n) is 4.10. The van der Waals surface area contributed by atoms with Crippen LogP contribution < -0.4 is 16.4 Å². The summed E-state index contributed by atoms with van der Waals surface area (Å²) in [6.45, 7) is 0. The van der Waals surface area contributed by atoms with Crippen molar-refractivity contribution in [3.8, 4) is 0 Å².